The van der Waals surface area contributed by atoms with Crippen molar-refractivity contribution in [1.82, 2.24) is 25.1 Å². The number of aryl methyl sites for hydroxylation is 1. The number of tetrazole rings is 1. The van der Waals surface area contributed by atoms with Crippen LogP contribution in [-0.4, -0.2) is 62.0 Å². The summed E-state index contributed by atoms with van der Waals surface area (Å²) in [5, 5.41) is 20.6. The summed E-state index contributed by atoms with van der Waals surface area (Å²) in [6.07, 6.45) is 0.934. The molecule has 1 aliphatic heterocycles. The number of ether oxygens (including phenoxy) is 1. The van der Waals surface area contributed by atoms with Gasteiger partial charge in [0.2, 0.25) is 0 Å². The quantitative estimate of drug-likeness (QED) is 0.748. The van der Waals surface area contributed by atoms with Crippen LogP contribution in [0.4, 0.5) is 0 Å². The molecule has 0 amide bonds. The molecule has 2 rings (SSSR count). The van der Waals surface area contributed by atoms with Crippen LogP contribution in [0.25, 0.3) is 0 Å². The van der Waals surface area contributed by atoms with E-state index in [1.54, 1.807) is 4.68 Å². The van der Waals surface area contributed by atoms with Crippen molar-refractivity contribution in [2.24, 2.45) is 0 Å². The van der Waals surface area contributed by atoms with Crippen molar-refractivity contribution in [2.45, 2.75) is 32.5 Å². The van der Waals surface area contributed by atoms with E-state index in [-0.39, 0.29) is 6.61 Å². The van der Waals surface area contributed by atoms with E-state index in [9.17, 15) is 4.79 Å². The maximum Gasteiger partial charge on any atom is 0.323 e. The predicted molar refractivity (Wildman–Crippen MR) is 60.8 cm³/mol. The number of carboxylic acids is 1. The molecule has 1 atom stereocenters. The van der Waals surface area contributed by atoms with Crippen LogP contribution in [0.15, 0.2) is 0 Å². The molecule has 1 N–H and O–H groups in total. The molecule has 100 valence electrons. The molecule has 0 radical (unpaired) electrons. The zero-order valence-electron chi connectivity index (χ0n) is 10.3. The molecule has 0 saturated carbocycles. The molecule has 8 heteroatoms. The molecule has 18 heavy (non-hydrogen) atoms. The average molecular weight is 255 g/mol. The van der Waals surface area contributed by atoms with Crippen LogP contribution in [0.2, 0.25) is 0 Å². The van der Waals surface area contributed by atoms with Crippen molar-refractivity contribution in [2.75, 3.05) is 19.8 Å². The molecule has 0 aliphatic carbocycles. The first kappa shape index (κ1) is 12.9. The Kier molecular flexibility index (Phi) is 4.21. The Balaban J connectivity index is 2.06. The van der Waals surface area contributed by atoms with E-state index in [1.165, 1.54) is 0 Å². The normalized spacial score (nSPS) is 21.1. The molecular weight excluding hydrogens is 238 g/mol. The van der Waals surface area contributed by atoms with Gasteiger partial charge in [0, 0.05) is 13.1 Å². The van der Waals surface area contributed by atoms with Gasteiger partial charge in [-0.05, 0) is 16.8 Å². The fraction of sp³-hybridized carbons (Fsp3) is 0.800. The summed E-state index contributed by atoms with van der Waals surface area (Å²) in [5.41, 5.74) is 0. The molecule has 8 nitrogen and oxygen atoms in total. The first-order valence-electron chi connectivity index (χ1n) is 6.02. The van der Waals surface area contributed by atoms with E-state index in [2.05, 4.69) is 15.5 Å². The summed E-state index contributed by atoms with van der Waals surface area (Å²) in [7, 11) is 0. The molecule has 1 fully saturated rings. The third-order valence-electron chi connectivity index (χ3n) is 2.91. The van der Waals surface area contributed by atoms with Gasteiger partial charge in [0.05, 0.1) is 19.8 Å². The second kappa shape index (κ2) is 5.87. The number of morpholine rings is 1. The maximum atomic E-state index is 11.1. The van der Waals surface area contributed by atoms with Gasteiger partial charge < -0.3 is 9.84 Å². The summed E-state index contributed by atoms with van der Waals surface area (Å²) >= 11 is 0. The number of aromatic nitrogens is 4. The lowest BCUT2D eigenvalue weighted by Gasteiger charge is -2.32. The largest absolute Gasteiger partial charge is 0.480 e. The Morgan fingerprint density at radius 2 is 2.44 bits per heavy atom. The predicted octanol–water partition coefficient (Wildman–Crippen LogP) is -0.631. The van der Waals surface area contributed by atoms with E-state index < -0.39 is 12.0 Å². The highest BCUT2D eigenvalue weighted by Gasteiger charge is 2.30. The van der Waals surface area contributed by atoms with Gasteiger partial charge >= 0.3 is 5.97 Å². The van der Waals surface area contributed by atoms with Crippen molar-refractivity contribution in [3.63, 3.8) is 0 Å². The standard InChI is InChI=1S/C10H17N5O3/c1-2-3-15-9(11-12-13-15)6-14-4-5-18-7-8(14)10(16)17/h8H,2-7H2,1H3,(H,16,17). The van der Waals surface area contributed by atoms with Crippen molar-refractivity contribution < 1.29 is 14.6 Å². The molecule has 1 unspecified atom stereocenters. The van der Waals surface area contributed by atoms with E-state index in [0.717, 1.165) is 13.0 Å². The molecular formula is C10H17N5O3. The summed E-state index contributed by atoms with van der Waals surface area (Å²) in [6, 6.07) is -0.620. The van der Waals surface area contributed by atoms with E-state index >= 15 is 0 Å². The number of nitrogens with zero attached hydrogens (tertiary/aromatic N) is 5. The fourth-order valence-corrected chi connectivity index (χ4v) is 1.96. The minimum absolute atomic E-state index is 0.213. The lowest BCUT2D eigenvalue weighted by Crippen LogP contribution is -2.49. The smallest absolute Gasteiger partial charge is 0.323 e. The summed E-state index contributed by atoms with van der Waals surface area (Å²) in [5.74, 6) is -0.172. The molecule has 0 spiro atoms. The van der Waals surface area contributed by atoms with Crippen LogP contribution in [0.3, 0.4) is 0 Å². The zero-order valence-corrected chi connectivity index (χ0v) is 10.3. The van der Waals surface area contributed by atoms with Crippen LogP contribution in [0.1, 0.15) is 19.2 Å². The molecule has 1 aromatic rings. The van der Waals surface area contributed by atoms with Crippen molar-refractivity contribution in [1.29, 1.82) is 0 Å². The minimum atomic E-state index is -0.871. The van der Waals surface area contributed by atoms with E-state index in [1.807, 2.05) is 11.8 Å². The molecule has 1 aliphatic rings. The van der Waals surface area contributed by atoms with Crippen molar-refractivity contribution in [3.8, 4) is 0 Å². The number of carbonyl (C=O) groups is 1. The molecule has 0 bridgehead atoms. The SMILES string of the molecule is CCCn1nnnc1CN1CCOCC1C(=O)O. The highest BCUT2D eigenvalue weighted by molar-refractivity contribution is 5.73. The van der Waals surface area contributed by atoms with Gasteiger partial charge in [-0.3, -0.25) is 9.69 Å². The second-order valence-corrected chi connectivity index (χ2v) is 4.22. The van der Waals surface area contributed by atoms with Gasteiger partial charge in [0.25, 0.3) is 0 Å². The van der Waals surface area contributed by atoms with Crippen LogP contribution in [-0.2, 0) is 22.6 Å². The monoisotopic (exact) mass is 255 g/mol. The maximum absolute atomic E-state index is 11.1. The lowest BCUT2D eigenvalue weighted by atomic mass is 10.2. The van der Waals surface area contributed by atoms with Gasteiger partial charge in [0.1, 0.15) is 6.04 Å². The number of aliphatic carboxylic acids is 1. The zero-order chi connectivity index (χ0) is 13.0. The van der Waals surface area contributed by atoms with Crippen molar-refractivity contribution >= 4 is 5.97 Å². The number of hydrogen-bond donors (Lipinski definition) is 1. The van der Waals surface area contributed by atoms with Gasteiger partial charge in [-0.15, -0.1) is 5.10 Å². The first-order valence-corrected chi connectivity index (χ1v) is 6.02. The fourth-order valence-electron chi connectivity index (χ4n) is 1.96. The van der Waals surface area contributed by atoms with Gasteiger partial charge in [-0.1, -0.05) is 6.92 Å². The number of rotatable bonds is 5. The van der Waals surface area contributed by atoms with Crippen LogP contribution in [0.5, 0.6) is 0 Å². The molecule has 0 aromatic carbocycles. The van der Waals surface area contributed by atoms with Gasteiger partial charge in [-0.2, -0.15) is 0 Å². The van der Waals surface area contributed by atoms with E-state index in [4.69, 9.17) is 9.84 Å². The molecule has 2 heterocycles. The Bertz CT molecular complexity index is 408. The summed E-state index contributed by atoms with van der Waals surface area (Å²) in [4.78, 5) is 13.0. The third-order valence-corrected chi connectivity index (χ3v) is 2.91. The van der Waals surface area contributed by atoms with Crippen molar-refractivity contribution in [3.05, 3.63) is 5.82 Å². The van der Waals surface area contributed by atoms with E-state index in [0.29, 0.717) is 25.5 Å². The van der Waals surface area contributed by atoms with Crippen LogP contribution < -0.4 is 0 Å². The Morgan fingerprint density at radius 3 is 3.17 bits per heavy atom. The average Bonchev–Trinajstić information content (AvgIpc) is 2.78. The topological polar surface area (TPSA) is 93.4 Å². The highest BCUT2D eigenvalue weighted by Crippen LogP contribution is 2.11. The summed E-state index contributed by atoms with van der Waals surface area (Å²) < 4.78 is 6.91. The Morgan fingerprint density at radius 1 is 1.61 bits per heavy atom. The van der Waals surface area contributed by atoms with Gasteiger partial charge in [-0.25, -0.2) is 4.68 Å². The Labute approximate surface area is 105 Å². The van der Waals surface area contributed by atoms with Crippen LogP contribution in [0, 0.1) is 0 Å². The molecule has 1 aromatic heterocycles. The lowest BCUT2D eigenvalue weighted by molar-refractivity contribution is -0.150. The minimum Gasteiger partial charge on any atom is -0.480 e. The third kappa shape index (κ3) is 2.82. The first-order chi connectivity index (χ1) is 8.72. The summed E-state index contributed by atoms with van der Waals surface area (Å²) in [6.45, 7) is 4.55. The molecule has 1 saturated heterocycles. The highest BCUT2D eigenvalue weighted by atomic mass is 16.5. The van der Waals surface area contributed by atoms with Gasteiger partial charge in [0.15, 0.2) is 5.82 Å². The number of hydrogen-bond acceptors (Lipinski definition) is 6. The second-order valence-electron chi connectivity index (χ2n) is 4.22. The Hall–Kier alpha value is -1.54. The van der Waals surface area contributed by atoms with Crippen LogP contribution >= 0.6 is 0 Å². The number of carboxylic acid groups (broad SMARTS) is 1.